The topological polar surface area (TPSA) is 3.24 Å². The van der Waals surface area contributed by atoms with E-state index in [0.717, 1.165) is 12.8 Å². The second-order valence-electron chi connectivity index (χ2n) is 4.21. The van der Waals surface area contributed by atoms with Gasteiger partial charge in [0.1, 0.15) is 11.6 Å². The summed E-state index contributed by atoms with van der Waals surface area (Å²) in [6.45, 7) is 0.951. The second-order valence-corrected chi connectivity index (χ2v) is 5.44. The van der Waals surface area contributed by atoms with Gasteiger partial charge in [-0.15, -0.1) is 11.6 Å². The zero-order chi connectivity index (χ0) is 12.4. The van der Waals surface area contributed by atoms with E-state index in [4.69, 9.17) is 11.6 Å². The first-order valence-electron chi connectivity index (χ1n) is 5.56. The lowest BCUT2D eigenvalue weighted by molar-refractivity contribution is 0.262. The lowest BCUT2D eigenvalue weighted by Gasteiger charge is -2.21. The summed E-state index contributed by atoms with van der Waals surface area (Å²) in [5.41, 5.74) is 0.122. The van der Waals surface area contributed by atoms with Gasteiger partial charge in [0.15, 0.2) is 0 Å². The van der Waals surface area contributed by atoms with Crippen molar-refractivity contribution in [2.75, 3.05) is 12.4 Å². The lowest BCUT2D eigenvalue weighted by Crippen LogP contribution is -2.28. The van der Waals surface area contributed by atoms with Crippen molar-refractivity contribution in [2.45, 2.75) is 25.4 Å². The van der Waals surface area contributed by atoms with Crippen LogP contribution in [0, 0.1) is 11.6 Å². The molecule has 0 N–H and O–H groups in total. The lowest BCUT2D eigenvalue weighted by atomic mass is 10.2. The number of hydrogen-bond donors (Lipinski definition) is 0. The van der Waals surface area contributed by atoms with Crippen molar-refractivity contribution < 1.29 is 8.78 Å². The van der Waals surface area contributed by atoms with E-state index in [9.17, 15) is 8.78 Å². The van der Waals surface area contributed by atoms with Crippen molar-refractivity contribution in [1.82, 2.24) is 4.90 Å². The molecule has 0 unspecified atom stereocenters. The van der Waals surface area contributed by atoms with Crippen LogP contribution in [-0.2, 0) is 6.54 Å². The predicted molar refractivity (Wildman–Crippen MR) is 68.2 cm³/mol. The standard InChI is InChI=1S/C12H13BrClF2N/c13-10-3-4-11(15)9(12(10)16)7-17(6-5-14)8-1-2-8/h3-4,8H,1-2,5-7H2. The molecule has 5 heteroatoms. The predicted octanol–water partition coefficient (Wildman–Crippen LogP) is 3.93. The van der Waals surface area contributed by atoms with Crippen LogP contribution < -0.4 is 0 Å². The fraction of sp³-hybridized carbons (Fsp3) is 0.500. The van der Waals surface area contributed by atoms with Gasteiger partial charge in [-0.2, -0.15) is 0 Å². The summed E-state index contributed by atoms with van der Waals surface area (Å²) in [7, 11) is 0. The molecule has 1 aliphatic carbocycles. The molecule has 1 aromatic rings. The zero-order valence-corrected chi connectivity index (χ0v) is 11.6. The molecule has 0 bridgehead atoms. The van der Waals surface area contributed by atoms with E-state index >= 15 is 0 Å². The molecule has 1 nitrogen and oxygen atoms in total. The third-order valence-corrected chi connectivity index (χ3v) is 3.72. The molecule has 1 aromatic carbocycles. The summed E-state index contributed by atoms with van der Waals surface area (Å²) in [6.07, 6.45) is 2.18. The smallest absolute Gasteiger partial charge is 0.144 e. The Bertz CT molecular complexity index is 410. The molecule has 0 aromatic heterocycles. The quantitative estimate of drug-likeness (QED) is 0.586. The van der Waals surface area contributed by atoms with Crippen LogP contribution in [0.1, 0.15) is 18.4 Å². The monoisotopic (exact) mass is 323 g/mol. The number of nitrogens with zero attached hydrogens (tertiary/aromatic N) is 1. The van der Waals surface area contributed by atoms with Crippen molar-refractivity contribution in [2.24, 2.45) is 0 Å². The van der Waals surface area contributed by atoms with Gasteiger partial charge < -0.3 is 0 Å². The van der Waals surface area contributed by atoms with Crippen LogP contribution in [-0.4, -0.2) is 23.4 Å². The van der Waals surface area contributed by atoms with Gasteiger partial charge in [0.05, 0.1) is 4.47 Å². The van der Waals surface area contributed by atoms with Crippen LogP contribution in [0.4, 0.5) is 8.78 Å². The number of benzene rings is 1. The second kappa shape index (κ2) is 5.63. The van der Waals surface area contributed by atoms with Gasteiger partial charge in [-0.1, -0.05) is 0 Å². The first kappa shape index (κ1) is 13.2. The van der Waals surface area contributed by atoms with Gasteiger partial charge in [0, 0.05) is 30.6 Å². The molecule has 2 rings (SSSR count). The highest BCUT2D eigenvalue weighted by atomic mass is 79.9. The van der Waals surface area contributed by atoms with Gasteiger partial charge in [-0.05, 0) is 40.9 Å². The molecule has 1 fully saturated rings. The van der Waals surface area contributed by atoms with Crippen molar-refractivity contribution >= 4 is 27.5 Å². The van der Waals surface area contributed by atoms with E-state index in [2.05, 4.69) is 15.9 Å². The first-order valence-corrected chi connectivity index (χ1v) is 6.88. The molecular formula is C12H13BrClF2N. The molecule has 0 amide bonds. The average molecular weight is 325 g/mol. The van der Waals surface area contributed by atoms with E-state index in [1.165, 1.54) is 12.1 Å². The van der Waals surface area contributed by atoms with Crippen LogP contribution in [0.25, 0.3) is 0 Å². The van der Waals surface area contributed by atoms with Gasteiger partial charge in [-0.25, -0.2) is 8.78 Å². The molecule has 94 valence electrons. The fourth-order valence-corrected chi connectivity index (χ4v) is 2.44. The van der Waals surface area contributed by atoms with E-state index in [-0.39, 0.29) is 12.1 Å². The molecule has 0 heterocycles. The maximum atomic E-state index is 13.8. The number of alkyl halides is 1. The number of rotatable bonds is 5. The molecule has 17 heavy (non-hydrogen) atoms. The van der Waals surface area contributed by atoms with E-state index < -0.39 is 11.6 Å². The Morgan fingerprint density at radius 3 is 2.65 bits per heavy atom. The summed E-state index contributed by atoms with van der Waals surface area (Å²) in [5, 5.41) is 0. The largest absolute Gasteiger partial charge is 0.295 e. The Kier molecular flexibility index (Phi) is 4.39. The number of hydrogen-bond acceptors (Lipinski definition) is 1. The van der Waals surface area contributed by atoms with E-state index in [1.807, 2.05) is 4.90 Å². The minimum Gasteiger partial charge on any atom is -0.295 e. The Morgan fingerprint density at radius 2 is 2.06 bits per heavy atom. The Labute approximate surface area is 113 Å². The van der Waals surface area contributed by atoms with Crippen molar-refractivity contribution in [3.05, 3.63) is 33.8 Å². The maximum absolute atomic E-state index is 13.8. The molecule has 0 radical (unpaired) electrons. The molecule has 1 saturated carbocycles. The Hall–Kier alpha value is -0.190. The van der Waals surface area contributed by atoms with E-state index in [0.29, 0.717) is 22.9 Å². The Morgan fingerprint density at radius 1 is 1.35 bits per heavy atom. The third-order valence-electron chi connectivity index (χ3n) is 2.94. The van der Waals surface area contributed by atoms with Crippen LogP contribution in [0.2, 0.25) is 0 Å². The maximum Gasteiger partial charge on any atom is 0.144 e. The molecule has 0 atom stereocenters. The third kappa shape index (κ3) is 3.18. The molecule has 0 spiro atoms. The van der Waals surface area contributed by atoms with Crippen molar-refractivity contribution in [3.63, 3.8) is 0 Å². The van der Waals surface area contributed by atoms with Crippen LogP contribution >= 0.6 is 27.5 Å². The van der Waals surface area contributed by atoms with Crippen LogP contribution in [0.3, 0.4) is 0 Å². The normalized spacial score (nSPS) is 15.6. The Balaban J connectivity index is 2.18. The van der Waals surface area contributed by atoms with E-state index in [1.54, 1.807) is 0 Å². The molecule has 1 aliphatic rings. The molecule has 0 saturated heterocycles. The molecular weight excluding hydrogens is 311 g/mol. The van der Waals surface area contributed by atoms with Crippen LogP contribution in [0.5, 0.6) is 0 Å². The summed E-state index contributed by atoms with van der Waals surface area (Å²) in [6, 6.07) is 3.11. The summed E-state index contributed by atoms with van der Waals surface area (Å²) >= 11 is 8.78. The summed E-state index contributed by atoms with van der Waals surface area (Å²) in [5.74, 6) is -0.524. The highest BCUT2D eigenvalue weighted by molar-refractivity contribution is 9.10. The zero-order valence-electron chi connectivity index (χ0n) is 9.23. The number of halogens is 4. The first-order chi connectivity index (χ1) is 8.13. The molecule has 0 aliphatic heterocycles. The minimum atomic E-state index is -0.509. The highest BCUT2D eigenvalue weighted by Gasteiger charge is 2.29. The SMILES string of the molecule is Fc1ccc(Br)c(F)c1CN(CCCl)C1CC1. The summed E-state index contributed by atoms with van der Waals surface area (Å²) in [4.78, 5) is 2.04. The van der Waals surface area contributed by atoms with Crippen molar-refractivity contribution in [1.29, 1.82) is 0 Å². The summed E-state index contributed by atoms with van der Waals surface area (Å²) < 4.78 is 27.7. The van der Waals surface area contributed by atoms with Gasteiger partial charge >= 0.3 is 0 Å². The van der Waals surface area contributed by atoms with Crippen molar-refractivity contribution in [3.8, 4) is 0 Å². The van der Waals surface area contributed by atoms with Gasteiger partial charge in [0.2, 0.25) is 0 Å². The highest BCUT2D eigenvalue weighted by Crippen LogP contribution is 2.30. The van der Waals surface area contributed by atoms with Gasteiger partial charge in [0.25, 0.3) is 0 Å². The average Bonchev–Trinajstić information content (AvgIpc) is 3.12. The minimum absolute atomic E-state index is 0.122. The van der Waals surface area contributed by atoms with Crippen LogP contribution in [0.15, 0.2) is 16.6 Å². The van der Waals surface area contributed by atoms with Gasteiger partial charge in [-0.3, -0.25) is 4.90 Å². The fourth-order valence-electron chi connectivity index (χ4n) is 1.86.